The fourth-order valence-electron chi connectivity index (χ4n) is 7.02. The number of aliphatic hydroxyl groups excluding tert-OH is 1. The quantitative estimate of drug-likeness (QED) is 0.582. The van der Waals surface area contributed by atoms with Gasteiger partial charge in [-0.3, -0.25) is 4.79 Å². The van der Waals surface area contributed by atoms with Crippen LogP contribution in [-0.4, -0.2) is 34.2 Å². The maximum atomic E-state index is 13.9. The van der Waals surface area contributed by atoms with E-state index in [2.05, 4.69) is 13.0 Å². The minimum atomic E-state index is -0.912. The highest BCUT2D eigenvalue weighted by atomic mass is 32.1. The van der Waals surface area contributed by atoms with Gasteiger partial charge in [0.2, 0.25) is 5.91 Å². The lowest BCUT2D eigenvalue weighted by molar-refractivity contribution is -0.124. The first-order chi connectivity index (χ1) is 15.4. The molecule has 0 spiro atoms. The van der Waals surface area contributed by atoms with Gasteiger partial charge in [0.25, 0.3) is 0 Å². The number of carbonyl (C=O) groups is 2. The van der Waals surface area contributed by atoms with Crippen molar-refractivity contribution in [2.45, 2.75) is 102 Å². The van der Waals surface area contributed by atoms with E-state index in [1.54, 1.807) is 0 Å². The first-order valence-corrected chi connectivity index (χ1v) is 13.6. The minimum Gasteiger partial charge on any atom is -0.477 e. The fraction of sp³-hybridized carbons (Fsp3) is 0.769. The molecule has 176 valence electrons. The van der Waals surface area contributed by atoms with E-state index in [-0.39, 0.29) is 24.0 Å². The van der Waals surface area contributed by atoms with Crippen molar-refractivity contribution >= 4 is 28.9 Å². The highest BCUT2D eigenvalue weighted by Crippen LogP contribution is 2.55. The Morgan fingerprint density at radius 3 is 2.28 bits per heavy atom. The van der Waals surface area contributed by atoms with Gasteiger partial charge in [-0.1, -0.05) is 13.3 Å². The van der Waals surface area contributed by atoms with Crippen molar-refractivity contribution in [3.63, 3.8) is 0 Å². The van der Waals surface area contributed by atoms with E-state index in [9.17, 15) is 19.8 Å². The Kier molecular flexibility index (Phi) is 6.36. The third-order valence-electron chi connectivity index (χ3n) is 8.92. The van der Waals surface area contributed by atoms with Gasteiger partial charge in [-0.15, -0.1) is 11.3 Å². The van der Waals surface area contributed by atoms with Crippen molar-refractivity contribution < 1.29 is 19.8 Å². The molecule has 4 aliphatic rings. The molecule has 4 fully saturated rings. The zero-order valence-electron chi connectivity index (χ0n) is 19.2. The van der Waals surface area contributed by atoms with Crippen molar-refractivity contribution in [2.24, 2.45) is 23.7 Å². The lowest BCUT2D eigenvalue weighted by Crippen LogP contribution is -2.47. The van der Waals surface area contributed by atoms with E-state index in [4.69, 9.17) is 0 Å². The summed E-state index contributed by atoms with van der Waals surface area (Å²) >= 11 is 1.42. The van der Waals surface area contributed by atoms with Crippen molar-refractivity contribution in [3.05, 3.63) is 15.8 Å². The smallest absolute Gasteiger partial charge is 0.348 e. The molecule has 1 aromatic rings. The largest absolute Gasteiger partial charge is 0.477 e. The van der Waals surface area contributed by atoms with Crippen LogP contribution >= 0.6 is 11.3 Å². The van der Waals surface area contributed by atoms with Crippen LogP contribution in [0.3, 0.4) is 0 Å². The summed E-state index contributed by atoms with van der Waals surface area (Å²) < 4.78 is 0. The monoisotopic (exact) mass is 459 g/mol. The predicted octanol–water partition coefficient (Wildman–Crippen LogP) is 5.81. The number of anilines is 1. The standard InChI is InChI=1S/C26H37NO4S/c1-15-2-5-17(6-3-15)25(29)27(19-8-10-20(28)11-9-19)22-14-23(32-24(22)26(30)31)21-13-16-4-7-18(21)12-16/h14-21,28H,2-13H2,1H3,(H,30,31). The van der Waals surface area contributed by atoms with E-state index in [1.807, 2.05) is 4.90 Å². The molecule has 32 heavy (non-hydrogen) atoms. The second-order valence-corrected chi connectivity index (χ2v) is 12.2. The Morgan fingerprint density at radius 2 is 1.69 bits per heavy atom. The van der Waals surface area contributed by atoms with Crippen LogP contribution in [0, 0.1) is 23.7 Å². The molecule has 3 unspecified atom stereocenters. The van der Waals surface area contributed by atoms with Crippen LogP contribution in [0.5, 0.6) is 0 Å². The molecular weight excluding hydrogens is 422 g/mol. The summed E-state index contributed by atoms with van der Waals surface area (Å²) in [7, 11) is 0. The SMILES string of the molecule is CC1CCC(C(=O)N(c2cc(C3CC4CCC3C4)sc2C(=O)O)C2CCC(O)CC2)CC1. The Hall–Kier alpha value is -1.40. The summed E-state index contributed by atoms with van der Waals surface area (Å²) in [6.45, 7) is 2.25. The normalized spacial score (nSPS) is 36.9. The van der Waals surface area contributed by atoms with Crippen LogP contribution in [0.15, 0.2) is 6.07 Å². The first kappa shape index (κ1) is 22.4. The maximum absolute atomic E-state index is 13.9. The average Bonchev–Trinajstić information content (AvgIpc) is 3.51. The molecule has 2 bridgehead atoms. The second kappa shape index (κ2) is 9.09. The molecule has 5 nitrogen and oxygen atoms in total. The summed E-state index contributed by atoms with van der Waals surface area (Å²) in [6.07, 6.45) is 11.5. The number of nitrogens with zero attached hydrogens (tertiary/aromatic N) is 1. The van der Waals surface area contributed by atoms with Crippen molar-refractivity contribution in [1.29, 1.82) is 0 Å². The number of aromatic carboxylic acids is 1. The van der Waals surface area contributed by atoms with Gasteiger partial charge in [0.1, 0.15) is 4.88 Å². The maximum Gasteiger partial charge on any atom is 0.348 e. The van der Waals surface area contributed by atoms with Crippen LogP contribution < -0.4 is 4.90 Å². The molecular formula is C26H37NO4S. The minimum absolute atomic E-state index is 0.00849. The molecule has 3 atom stereocenters. The summed E-state index contributed by atoms with van der Waals surface area (Å²) in [5, 5.41) is 20.2. The number of rotatable bonds is 5. The van der Waals surface area contributed by atoms with Crippen molar-refractivity contribution in [1.82, 2.24) is 0 Å². The summed E-state index contributed by atoms with van der Waals surface area (Å²) in [5.74, 6) is 1.81. The third kappa shape index (κ3) is 4.25. The Bertz CT molecular complexity index is 850. The van der Waals surface area contributed by atoms with E-state index in [0.29, 0.717) is 41.2 Å². The topological polar surface area (TPSA) is 77.8 Å². The van der Waals surface area contributed by atoms with Gasteiger partial charge in [0, 0.05) is 16.8 Å². The predicted molar refractivity (Wildman–Crippen MR) is 126 cm³/mol. The number of aliphatic hydroxyl groups is 1. The van der Waals surface area contributed by atoms with E-state index >= 15 is 0 Å². The van der Waals surface area contributed by atoms with Crippen molar-refractivity contribution in [3.8, 4) is 0 Å². The molecule has 0 aromatic carbocycles. The number of hydrogen-bond acceptors (Lipinski definition) is 4. The third-order valence-corrected chi connectivity index (χ3v) is 10.2. The Balaban J connectivity index is 1.48. The molecule has 1 aromatic heterocycles. The highest BCUT2D eigenvalue weighted by Gasteiger charge is 2.43. The number of hydrogen-bond donors (Lipinski definition) is 2. The Labute approximate surface area is 195 Å². The zero-order chi connectivity index (χ0) is 22.4. The molecule has 1 heterocycles. The van der Waals surface area contributed by atoms with Gasteiger partial charge >= 0.3 is 5.97 Å². The zero-order valence-corrected chi connectivity index (χ0v) is 20.0. The lowest BCUT2D eigenvalue weighted by atomic mass is 9.81. The number of carbonyl (C=O) groups excluding carboxylic acids is 1. The van der Waals surface area contributed by atoms with Gasteiger partial charge < -0.3 is 15.1 Å². The second-order valence-electron chi connectivity index (χ2n) is 11.1. The number of carboxylic acid groups (broad SMARTS) is 1. The van der Waals surface area contributed by atoms with Crippen LogP contribution in [0.25, 0.3) is 0 Å². The van der Waals surface area contributed by atoms with Crippen molar-refractivity contribution in [2.75, 3.05) is 4.90 Å². The number of carboxylic acids is 1. The molecule has 5 rings (SSSR count). The molecule has 1 amide bonds. The number of amides is 1. The molecule has 2 N–H and O–H groups in total. The van der Waals surface area contributed by atoms with Gasteiger partial charge in [-0.2, -0.15) is 0 Å². The number of fused-ring (bicyclic) bond motifs is 2. The molecule has 6 heteroatoms. The molecule has 4 saturated carbocycles. The molecule has 4 aliphatic carbocycles. The first-order valence-electron chi connectivity index (χ1n) is 12.8. The van der Waals surface area contributed by atoms with Crippen LogP contribution in [0.2, 0.25) is 0 Å². The molecule has 0 radical (unpaired) electrons. The van der Waals surface area contributed by atoms with Gasteiger partial charge in [0.15, 0.2) is 0 Å². The Morgan fingerprint density at radius 1 is 0.969 bits per heavy atom. The highest BCUT2D eigenvalue weighted by molar-refractivity contribution is 7.14. The lowest BCUT2D eigenvalue weighted by Gasteiger charge is -2.38. The van der Waals surface area contributed by atoms with E-state index in [0.717, 1.165) is 44.4 Å². The summed E-state index contributed by atoms with van der Waals surface area (Å²) in [6, 6.07) is 2.07. The molecule has 0 aliphatic heterocycles. The fourth-order valence-corrected chi connectivity index (χ4v) is 8.22. The van der Waals surface area contributed by atoms with Crippen LogP contribution in [0.1, 0.15) is 104 Å². The van der Waals surface area contributed by atoms with E-state index in [1.165, 1.54) is 41.9 Å². The average molecular weight is 460 g/mol. The molecule has 0 saturated heterocycles. The van der Waals surface area contributed by atoms with Gasteiger partial charge in [0.05, 0.1) is 11.8 Å². The van der Waals surface area contributed by atoms with E-state index < -0.39 is 5.97 Å². The van der Waals surface area contributed by atoms with Crippen LogP contribution in [0.4, 0.5) is 5.69 Å². The van der Waals surface area contributed by atoms with Gasteiger partial charge in [-0.05, 0) is 100 Å². The summed E-state index contributed by atoms with van der Waals surface area (Å²) in [5.41, 5.74) is 0.644. The van der Waals surface area contributed by atoms with Gasteiger partial charge in [-0.25, -0.2) is 4.79 Å². The van der Waals surface area contributed by atoms with Crippen LogP contribution in [-0.2, 0) is 4.79 Å². The number of thiophene rings is 1. The summed E-state index contributed by atoms with van der Waals surface area (Å²) in [4.78, 5) is 29.6.